The van der Waals surface area contributed by atoms with E-state index in [1.807, 2.05) is 18.2 Å². The minimum Gasteiger partial charge on any atom is -0.253 e. The lowest BCUT2D eigenvalue weighted by Gasteiger charge is -2.08. The molecule has 0 aliphatic heterocycles. The zero-order valence-corrected chi connectivity index (χ0v) is 11.8. The van der Waals surface area contributed by atoms with E-state index in [2.05, 4.69) is 20.5 Å². The monoisotopic (exact) mass is 305 g/mol. The SMILES string of the molecule is Clc1cccc(Cl)c1Cn1nnnc1-c1ccccn1. The number of benzene rings is 1. The number of hydrogen-bond donors (Lipinski definition) is 0. The van der Waals surface area contributed by atoms with E-state index in [1.54, 1.807) is 29.1 Å². The molecular weight excluding hydrogens is 297 g/mol. The quantitative estimate of drug-likeness (QED) is 0.746. The van der Waals surface area contributed by atoms with Gasteiger partial charge in [-0.25, -0.2) is 4.68 Å². The third kappa shape index (κ3) is 2.50. The van der Waals surface area contributed by atoms with E-state index in [4.69, 9.17) is 23.2 Å². The van der Waals surface area contributed by atoms with Crippen LogP contribution in [-0.2, 0) is 6.54 Å². The summed E-state index contributed by atoms with van der Waals surface area (Å²) in [6.07, 6.45) is 1.69. The lowest BCUT2D eigenvalue weighted by Crippen LogP contribution is -2.06. The number of aromatic nitrogens is 5. The van der Waals surface area contributed by atoms with Gasteiger partial charge in [0.2, 0.25) is 5.82 Å². The van der Waals surface area contributed by atoms with Crippen LogP contribution >= 0.6 is 23.2 Å². The molecule has 0 saturated carbocycles. The van der Waals surface area contributed by atoms with Gasteiger partial charge in [0.15, 0.2) is 0 Å². The smallest absolute Gasteiger partial charge is 0.200 e. The Labute approximate surface area is 125 Å². The Morgan fingerprint density at radius 3 is 2.50 bits per heavy atom. The van der Waals surface area contributed by atoms with Crippen molar-refractivity contribution in [3.63, 3.8) is 0 Å². The zero-order chi connectivity index (χ0) is 13.9. The predicted molar refractivity (Wildman–Crippen MR) is 76.6 cm³/mol. The second-order valence-corrected chi connectivity index (χ2v) is 4.89. The van der Waals surface area contributed by atoms with Crippen molar-refractivity contribution in [2.75, 3.05) is 0 Å². The third-order valence-corrected chi connectivity index (χ3v) is 3.50. The Bertz CT molecular complexity index is 706. The van der Waals surface area contributed by atoms with E-state index < -0.39 is 0 Å². The van der Waals surface area contributed by atoms with Crippen LogP contribution in [0, 0.1) is 0 Å². The van der Waals surface area contributed by atoms with Gasteiger partial charge in [-0.3, -0.25) is 4.98 Å². The van der Waals surface area contributed by atoms with Crippen molar-refractivity contribution in [3.8, 4) is 11.5 Å². The van der Waals surface area contributed by atoms with E-state index in [9.17, 15) is 0 Å². The number of halogens is 2. The minimum absolute atomic E-state index is 0.386. The molecule has 0 unspecified atom stereocenters. The maximum absolute atomic E-state index is 6.16. The second kappa shape index (κ2) is 5.56. The molecule has 3 aromatic rings. The molecular formula is C13H9Cl2N5. The number of nitrogens with zero attached hydrogens (tertiary/aromatic N) is 5. The molecule has 2 heterocycles. The van der Waals surface area contributed by atoms with Gasteiger partial charge in [0, 0.05) is 21.8 Å². The van der Waals surface area contributed by atoms with Crippen molar-refractivity contribution in [2.24, 2.45) is 0 Å². The highest BCUT2D eigenvalue weighted by Gasteiger charge is 2.13. The van der Waals surface area contributed by atoms with Crippen LogP contribution in [0.4, 0.5) is 0 Å². The van der Waals surface area contributed by atoms with E-state index >= 15 is 0 Å². The Morgan fingerprint density at radius 2 is 1.80 bits per heavy atom. The Balaban J connectivity index is 1.99. The van der Waals surface area contributed by atoms with Gasteiger partial charge in [0.25, 0.3) is 0 Å². The fourth-order valence-electron chi connectivity index (χ4n) is 1.82. The lowest BCUT2D eigenvalue weighted by molar-refractivity contribution is 0.652. The summed E-state index contributed by atoms with van der Waals surface area (Å²) in [5.74, 6) is 0.571. The van der Waals surface area contributed by atoms with Crippen LogP contribution in [-0.4, -0.2) is 25.2 Å². The van der Waals surface area contributed by atoms with Crippen molar-refractivity contribution in [1.29, 1.82) is 0 Å². The zero-order valence-electron chi connectivity index (χ0n) is 10.2. The molecule has 100 valence electrons. The van der Waals surface area contributed by atoms with Gasteiger partial charge in [-0.2, -0.15) is 0 Å². The summed E-state index contributed by atoms with van der Waals surface area (Å²) in [4.78, 5) is 4.24. The molecule has 0 N–H and O–H groups in total. The van der Waals surface area contributed by atoms with E-state index in [1.165, 1.54) is 0 Å². The van der Waals surface area contributed by atoms with Crippen LogP contribution in [0.5, 0.6) is 0 Å². The van der Waals surface area contributed by atoms with Gasteiger partial charge < -0.3 is 0 Å². The van der Waals surface area contributed by atoms with Crippen LogP contribution < -0.4 is 0 Å². The summed E-state index contributed by atoms with van der Waals surface area (Å²) in [5, 5.41) is 12.8. The largest absolute Gasteiger partial charge is 0.253 e. The average molecular weight is 306 g/mol. The first-order valence-corrected chi connectivity index (χ1v) is 6.62. The average Bonchev–Trinajstić information content (AvgIpc) is 2.92. The van der Waals surface area contributed by atoms with Crippen LogP contribution in [0.15, 0.2) is 42.6 Å². The molecule has 1 aromatic carbocycles. The highest BCUT2D eigenvalue weighted by atomic mass is 35.5. The first kappa shape index (κ1) is 13.0. The minimum atomic E-state index is 0.386. The van der Waals surface area contributed by atoms with Crippen molar-refractivity contribution in [3.05, 3.63) is 58.2 Å². The summed E-state index contributed by atoms with van der Waals surface area (Å²) in [6.45, 7) is 0.386. The van der Waals surface area contributed by atoms with Crippen molar-refractivity contribution in [2.45, 2.75) is 6.54 Å². The van der Waals surface area contributed by atoms with Gasteiger partial charge in [-0.05, 0) is 34.7 Å². The molecule has 0 radical (unpaired) electrons. The molecule has 0 fully saturated rings. The molecule has 0 spiro atoms. The maximum atomic E-state index is 6.16. The van der Waals surface area contributed by atoms with Crippen LogP contribution in [0.1, 0.15) is 5.56 Å². The van der Waals surface area contributed by atoms with Gasteiger partial charge in [-0.15, -0.1) is 5.10 Å². The Morgan fingerprint density at radius 1 is 1.00 bits per heavy atom. The molecule has 5 nitrogen and oxygen atoms in total. The van der Waals surface area contributed by atoms with Crippen LogP contribution in [0.2, 0.25) is 10.0 Å². The summed E-state index contributed by atoms with van der Waals surface area (Å²) >= 11 is 12.3. The molecule has 3 rings (SSSR count). The summed E-state index contributed by atoms with van der Waals surface area (Å²) in [7, 11) is 0. The Kier molecular flexibility index (Phi) is 3.62. The van der Waals surface area contributed by atoms with E-state index in [0.29, 0.717) is 28.1 Å². The standard InChI is InChI=1S/C13H9Cl2N5/c14-10-4-3-5-11(15)9(10)8-20-13(17-18-19-20)12-6-1-2-7-16-12/h1-7H,8H2. The predicted octanol–water partition coefficient (Wildman–Crippen LogP) is 3.09. The first-order chi connectivity index (χ1) is 9.75. The van der Waals surface area contributed by atoms with Crippen molar-refractivity contribution < 1.29 is 0 Å². The molecule has 20 heavy (non-hydrogen) atoms. The maximum Gasteiger partial charge on any atom is 0.200 e. The molecule has 0 amide bonds. The van der Waals surface area contributed by atoms with Gasteiger partial charge in [-0.1, -0.05) is 35.3 Å². The third-order valence-electron chi connectivity index (χ3n) is 2.80. The molecule has 0 saturated heterocycles. The highest BCUT2D eigenvalue weighted by Crippen LogP contribution is 2.26. The van der Waals surface area contributed by atoms with Crippen molar-refractivity contribution >= 4 is 23.2 Å². The van der Waals surface area contributed by atoms with Crippen LogP contribution in [0.3, 0.4) is 0 Å². The Hall–Kier alpha value is -1.98. The summed E-state index contributed by atoms with van der Waals surface area (Å²) in [6, 6.07) is 10.9. The lowest BCUT2D eigenvalue weighted by atomic mass is 10.2. The van der Waals surface area contributed by atoms with Gasteiger partial charge in [0.05, 0.1) is 6.54 Å². The van der Waals surface area contributed by atoms with Gasteiger partial charge >= 0.3 is 0 Å². The fourth-order valence-corrected chi connectivity index (χ4v) is 2.34. The first-order valence-electron chi connectivity index (χ1n) is 5.86. The normalized spacial score (nSPS) is 10.7. The summed E-state index contributed by atoms with van der Waals surface area (Å²) in [5.41, 5.74) is 1.47. The van der Waals surface area contributed by atoms with Gasteiger partial charge in [0.1, 0.15) is 5.69 Å². The summed E-state index contributed by atoms with van der Waals surface area (Å²) < 4.78 is 1.62. The molecule has 0 aliphatic carbocycles. The van der Waals surface area contributed by atoms with Crippen molar-refractivity contribution in [1.82, 2.24) is 25.2 Å². The molecule has 7 heteroatoms. The topological polar surface area (TPSA) is 56.5 Å². The second-order valence-electron chi connectivity index (χ2n) is 4.08. The number of hydrogen-bond acceptors (Lipinski definition) is 4. The van der Waals surface area contributed by atoms with E-state index in [-0.39, 0.29) is 0 Å². The number of pyridine rings is 1. The fraction of sp³-hybridized carbons (Fsp3) is 0.0769. The van der Waals surface area contributed by atoms with E-state index in [0.717, 1.165) is 5.56 Å². The number of tetrazole rings is 1. The highest BCUT2D eigenvalue weighted by molar-refractivity contribution is 6.35. The number of rotatable bonds is 3. The molecule has 0 atom stereocenters. The molecule has 0 aliphatic rings. The molecule has 2 aromatic heterocycles. The van der Waals surface area contributed by atoms with Crippen LogP contribution in [0.25, 0.3) is 11.5 Å². The molecule has 0 bridgehead atoms.